The largest absolute Gasteiger partial charge is 0.348 e. The summed E-state index contributed by atoms with van der Waals surface area (Å²) in [5, 5.41) is 3.43. The van der Waals surface area contributed by atoms with Gasteiger partial charge in [0.2, 0.25) is 15.9 Å². The molecule has 1 amide bonds. The maximum Gasteiger partial charge on any atom is 0.241 e. The fourth-order valence-corrected chi connectivity index (χ4v) is 4.37. The lowest BCUT2D eigenvalue weighted by Crippen LogP contribution is -2.41. The number of carbonyl (C=O) groups is 1. The zero-order valence-electron chi connectivity index (χ0n) is 17.1. The predicted molar refractivity (Wildman–Crippen MR) is 116 cm³/mol. The number of aryl methyl sites for hydroxylation is 4. The highest BCUT2D eigenvalue weighted by Gasteiger charge is 2.23. The minimum atomic E-state index is -3.64. The van der Waals surface area contributed by atoms with E-state index in [1.54, 1.807) is 25.1 Å². The van der Waals surface area contributed by atoms with E-state index in [2.05, 4.69) is 17.4 Å². The van der Waals surface area contributed by atoms with E-state index in [0.717, 1.165) is 27.3 Å². The molecule has 0 aromatic heterocycles. The molecule has 5 nitrogen and oxygen atoms in total. The molecule has 0 fully saturated rings. The highest BCUT2D eigenvalue weighted by atomic mass is 35.5. The van der Waals surface area contributed by atoms with Crippen molar-refractivity contribution in [1.29, 1.82) is 0 Å². The van der Waals surface area contributed by atoms with E-state index >= 15 is 0 Å². The summed E-state index contributed by atoms with van der Waals surface area (Å²) >= 11 is 5.97. The van der Waals surface area contributed by atoms with Crippen molar-refractivity contribution >= 4 is 33.2 Å². The van der Waals surface area contributed by atoms with Crippen LogP contribution in [0.2, 0.25) is 5.02 Å². The van der Waals surface area contributed by atoms with Crippen LogP contribution in [0, 0.1) is 27.7 Å². The summed E-state index contributed by atoms with van der Waals surface area (Å²) in [5.41, 5.74) is 5.58. The third-order valence-corrected chi connectivity index (χ3v) is 6.20. The van der Waals surface area contributed by atoms with Gasteiger partial charge in [0.1, 0.15) is 6.54 Å². The van der Waals surface area contributed by atoms with Gasteiger partial charge in [-0.15, -0.1) is 0 Å². The number of benzene rings is 2. The SMILES string of the molecule is Cc1cc(C)c([C@H](C)NC(=O)CN(c2ccc(Cl)cc2C)S(C)(=O)=O)cc1C. The van der Waals surface area contributed by atoms with Crippen LogP contribution in [0.25, 0.3) is 0 Å². The van der Waals surface area contributed by atoms with Crippen LogP contribution in [-0.2, 0) is 14.8 Å². The molecular weight excluding hydrogens is 396 g/mol. The molecule has 0 aliphatic heterocycles. The van der Waals surface area contributed by atoms with E-state index in [-0.39, 0.29) is 18.5 Å². The molecule has 0 radical (unpaired) electrons. The molecule has 0 bridgehead atoms. The summed E-state index contributed by atoms with van der Waals surface area (Å²) < 4.78 is 25.7. The van der Waals surface area contributed by atoms with Crippen molar-refractivity contribution in [2.45, 2.75) is 40.7 Å². The Morgan fingerprint density at radius 2 is 1.64 bits per heavy atom. The lowest BCUT2D eigenvalue weighted by molar-refractivity contribution is -0.120. The monoisotopic (exact) mass is 422 g/mol. The highest BCUT2D eigenvalue weighted by Crippen LogP contribution is 2.26. The van der Waals surface area contributed by atoms with Gasteiger partial charge in [0.25, 0.3) is 0 Å². The van der Waals surface area contributed by atoms with Crippen LogP contribution in [0.4, 0.5) is 5.69 Å². The third-order valence-electron chi connectivity index (χ3n) is 4.84. The Balaban J connectivity index is 2.24. The van der Waals surface area contributed by atoms with E-state index < -0.39 is 10.0 Å². The average molecular weight is 423 g/mol. The Hall–Kier alpha value is -2.05. The molecule has 2 aromatic carbocycles. The number of rotatable bonds is 6. The molecule has 0 aliphatic rings. The second kappa shape index (κ2) is 8.53. The van der Waals surface area contributed by atoms with Crippen molar-refractivity contribution in [3.8, 4) is 0 Å². The minimum Gasteiger partial charge on any atom is -0.348 e. The van der Waals surface area contributed by atoms with Crippen LogP contribution in [-0.4, -0.2) is 27.1 Å². The maximum absolute atomic E-state index is 12.7. The molecule has 0 saturated heterocycles. The average Bonchev–Trinajstić information content (AvgIpc) is 2.55. The number of hydrogen-bond donors (Lipinski definition) is 1. The molecule has 7 heteroatoms. The van der Waals surface area contributed by atoms with Crippen molar-refractivity contribution in [1.82, 2.24) is 5.32 Å². The normalized spacial score (nSPS) is 12.5. The first-order chi connectivity index (χ1) is 12.9. The van der Waals surface area contributed by atoms with E-state index in [1.807, 2.05) is 27.7 Å². The van der Waals surface area contributed by atoms with Crippen molar-refractivity contribution in [2.24, 2.45) is 0 Å². The Labute approximate surface area is 172 Å². The number of amides is 1. The van der Waals surface area contributed by atoms with E-state index in [0.29, 0.717) is 16.3 Å². The highest BCUT2D eigenvalue weighted by molar-refractivity contribution is 7.92. The molecule has 2 aromatic rings. The fraction of sp³-hybridized carbons (Fsp3) is 0.381. The smallest absolute Gasteiger partial charge is 0.241 e. The molecule has 1 atom stereocenters. The number of halogens is 1. The summed E-state index contributed by atoms with van der Waals surface area (Å²) in [5.74, 6) is -0.370. The van der Waals surface area contributed by atoms with Gasteiger partial charge < -0.3 is 5.32 Å². The predicted octanol–water partition coefficient (Wildman–Crippen LogP) is 4.22. The first-order valence-electron chi connectivity index (χ1n) is 9.01. The van der Waals surface area contributed by atoms with E-state index in [1.165, 1.54) is 5.56 Å². The molecule has 0 saturated carbocycles. The van der Waals surface area contributed by atoms with Gasteiger partial charge in [-0.25, -0.2) is 8.42 Å². The first kappa shape index (κ1) is 22.2. The van der Waals surface area contributed by atoms with E-state index in [4.69, 9.17) is 11.6 Å². The van der Waals surface area contributed by atoms with Gasteiger partial charge in [0.05, 0.1) is 18.0 Å². The standard InChI is InChI=1S/C21H27ClN2O3S/c1-13-9-15(3)19(11-14(13)2)17(5)23-21(25)12-24(28(6,26)27)20-8-7-18(22)10-16(20)4/h7-11,17H,12H2,1-6H3,(H,23,25)/t17-/m0/s1. The number of hydrogen-bond acceptors (Lipinski definition) is 3. The van der Waals surface area contributed by atoms with Gasteiger partial charge in [0, 0.05) is 5.02 Å². The summed E-state index contributed by atoms with van der Waals surface area (Å²) in [6, 6.07) is 8.82. The summed E-state index contributed by atoms with van der Waals surface area (Å²) in [6.45, 7) is 9.45. The second-order valence-electron chi connectivity index (χ2n) is 7.28. The van der Waals surface area contributed by atoms with Gasteiger partial charge in [0.15, 0.2) is 0 Å². The molecule has 2 rings (SSSR count). The van der Waals surface area contributed by atoms with Gasteiger partial charge in [-0.05, 0) is 80.6 Å². The van der Waals surface area contributed by atoms with Gasteiger partial charge in [-0.1, -0.05) is 23.7 Å². The number of nitrogens with zero attached hydrogens (tertiary/aromatic N) is 1. The first-order valence-corrected chi connectivity index (χ1v) is 11.2. The topological polar surface area (TPSA) is 66.5 Å². The molecule has 0 unspecified atom stereocenters. The number of anilines is 1. The lowest BCUT2D eigenvalue weighted by atomic mass is 9.96. The van der Waals surface area contributed by atoms with Crippen molar-refractivity contribution in [2.75, 3.05) is 17.1 Å². The molecule has 0 aliphatic carbocycles. The zero-order chi connectivity index (χ0) is 21.2. The van der Waals surface area contributed by atoms with Crippen molar-refractivity contribution < 1.29 is 13.2 Å². The Bertz CT molecular complexity index is 1000. The Kier molecular flexibility index (Phi) is 6.78. The number of nitrogens with one attached hydrogen (secondary N) is 1. The van der Waals surface area contributed by atoms with Crippen LogP contribution in [0.1, 0.15) is 40.8 Å². The summed E-state index contributed by atoms with van der Waals surface area (Å²) in [6.07, 6.45) is 1.09. The van der Waals surface area contributed by atoms with Crippen LogP contribution < -0.4 is 9.62 Å². The van der Waals surface area contributed by atoms with Gasteiger partial charge in [-0.3, -0.25) is 9.10 Å². The molecular formula is C21H27ClN2O3S. The number of carbonyl (C=O) groups excluding carboxylic acids is 1. The maximum atomic E-state index is 12.7. The molecule has 152 valence electrons. The van der Waals surface area contributed by atoms with Gasteiger partial charge in [-0.2, -0.15) is 0 Å². The van der Waals surface area contributed by atoms with Gasteiger partial charge >= 0.3 is 0 Å². The lowest BCUT2D eigenvalue weighted by Gasteiger charge is -2.25. The second-order valence-corrected chi connectivity index (χ2v) is 9.63. The molecule has 28 heavy (non-hydrogen) atoms. The fourth-order valence-electron chi connectivity index (χ4n) is 3.22. The van der Waals surface area contributed by atoms with E-state index in [9.17, 15) is 13.2 Å². The third kappa shape index (κ3) is 5.26. The van der Waals surface area contributed by atoms with Crippen LogP contribution in [0.15, 0.2) is 30.3 Å². The molecule has 1 N–H and O–H groups in total. The van der Waals surface area contributed by atoms with Crippen molar-refractivity contribution in [3.05, 3.63) is 63.2 Å². The quantitative estimate of drug-likeness (QED) is 0.757. The van der Waals surface area contributed by atoms with Crippen molar-refractivity contribution in [3.63, 3.8) is 0 Å². The summed E-state index contributed by atoms with van der Waals surface area (Å²) in [4.78, 5) is 12.7. The molecule has 0 spiro atoms. The Morgan fingerprint density at radius 3 is 2.21 bits per heavy atom. The van der Waals surface area contributed by atoms with Crippen LogP contribution in [0.3, 0.4) is 0 Å². The zero-order valence-corrected chi connectivity index (χ0v) is 18.7. The molecule has 0 heterocycles. The summed E-state index contributed by atoms with van der Waals surface area (Å²) in [7, 11) is -3.64. The van der Waals surface area contributed by atoms with Crippen LogP contribution in [0.5, 0.6) is 0 Å². The minimum absolute atomic E-state index is 0.237. The Morgan fingerprint density at radius 1 is 1.04 bits per heavy atom. The van der Waals surface area contributed by atoms with Crippen LogP contribution >= 0.6 is 11.6 Å². The number of sulfonamides is 1.